The fourth-order valence-electron chi connectivity index (χ4n) is 12.6. The van der Waals surface area contributed by atoms with Crippen LogP contribution in [0.1, 0.15) is 219 Å². The topological polar surface area (TPSA) is 196 Å². The van der Waals surface area contributed by atoms with Crippen molar-refractivity contribution in [3.05, 3.63) is 186 Å². The van der Waals surface area contributed by atoms with Crippen molar-refractivity contribution in [1.82, 2.24) is 4.98 Å². The molecule has 1 heterocycles. The molecule has 5 aliphatic carbocycles. The van der Waals surface area contributed by atoms with Crippen LogP contribution in [0.25, 0.3) is 0 Å². The van der Waals surface area contributed by atoms with E-state index in [1.165, 1.54) is 60.4 Å². The lowest BCUT2D eigenvalue weighted by Gasteiger charge is -2.60. The molecule has 522 valence electrons. The highest BCUT2D eigenvalue weighted by Gasteiger charge is 2.63. The first kappa shape index (κ1) is 78.0. The van der Waals surface area contributed by atoms with Gasteiger partial charge >= 0.3 is 23.9 Å². The molecule has 5 aliphatic rings. The number of hydrogen-bond acceptors (Lipinski definition) is 13. The van der Waals surface area contributed by atoms with Crippen molar-refractivity contribution < 1.29 is 69.4 Å². The fourth-order valence-corrected chi connectivity index (χ4v) is 14.9. The number of carbonyl (C=O) groups excluding carboxylic acids is 4. The molecule has 0 amide bonds. The maximum absolute atomic E-state index is 13.2. The Morgan fingerprint density at radius 3 is 1.45 bits per heavy atom. The van der Waals surface area contributed by atoms with Crippen molar-refractivity contribution >= 4 is 44.9 Å². The van der Waals surface area contributed by atoms with Gasteiger partial charge in [-0.05, 0) is 281 Å². The van der Waals surface area contributed by atoms with Gasteiger partial charge in [0.05, 0.1) is 48.6 Å². The van der Waals surface area contributed by atoms with Crippen molar-refractivity contribution in [2.75, 3.05) is 12.4 Å². The number of hydrogen-bond donors (Lipinski definition) is 1. The second kappa shape index (κ2) is 34.0. The van der Waals surface area contributed by atoms with Crippen LogP contribution in [0.2, 0.25) is 0 Å². The fraction of sp³-hybridized carbons (Fsp3) is 0.500. The van der Waals surface area contributed by atoms with E-state index in [4.69, 9.17) is 24.1 Å². The van der Waals surface area contributed by atoms with Gasteiger partial charge in [0.2, 0.25) is 0 Å². The second-order valence-electron chi connectivity index (χ2n) is 28.4. The van der Waals surface area contributed by atoms with Gasteiger partial charge in [-0.25, -0.2) is 26.4 Å². The maximum Gasteiger partial charge on any atom is 0.338 e. The standard InChI is InChI=1S/C19H23NO2.C19H30O7S.C18H12F3S.C12H22O2.C10H14O/c1-5-14(2)15-6-8-16(9-7-15)18(21)22-19(3,4)17-10-12-20-13-11-17;1-4-17(2,3)15(20)26-19-10-13-7-14(11-19)9-18(8-13,12-19)16(21)25-5-6-27(22,23)24;19-13-1-7-16(8-2-13)22(17-9-3-14(20)4-10-17)18-11-5-15(21)6-12-18;1-5-11(2,3)10(13)14-12(4)8-6-7-9-12;1-3-8(2)9-4-6-10(11)7-5-9/h6-14H,5H2,1-4H3;13-14H,4-12H2,1-3H3,(H,22,23,24);1-12H;5-9H2,1-4H3;4-8,11H,3H2,1-2H3/q;;+1;;/p-1. The molecule has 5 saturated carbocycles. The van der Waals surface area contributed by atoms with Crippen molar-refractivity contribution in [3.63, 3.8) is 0 Å². The summed E-state index contributed by atoms with van der Waals surface area (Å²) in [6, 6.07) is 37.4. The van der Waals surface area contributed by atoms with E-state index in [0.717, 1.165) is 71.6 Å². The average Bonchev–Trinajstić information content (AvgIpc) is 0.799. The maximum atomic E-state index is 13.2. The third-order valence-corrected chi connectivity index (χ3v) is 22.4. The Bertz CT molecular complexity index is 3460. The molecule has 1 aromatic heterocycles. The van der Waals surface area contributed by atoms with Crippen LogP contribution >= 0.6 is 0 Å². The summed E-state index contributed by atoms with van der Waals surface area (Å²) in [5, 5.41) is 9.01. The lowest BCUT2D eigenvalue weighted by Crippen LogP contribution is -2.60. The average molecular weight is 1360 g/mol. The number of phenolic OH excluding ortho intramolecular Hbond substituents is 1. The molecule has 0 saturated heterocycles. The molecule has 4 unspecified atom stereocenters. The van der Waals surface area contributed by atoms with Gasteiger partial charge in [0.15, 0.2) is 14.7 Å². The SMILES string of the molecule is CCC(C)(C)C(=O)OC1(C)CCCC1.CCC(C)(C)C(=O)OC12CC3CC(C1)CC(C(=O)OCCS(=O)(=O)[O-])(C3)C2.CCC(C)c1ccc(C(=O)OC(C)(C)c2ccncc2)cc1.CCC(C)c1ccc(O)cc1.Fc1ccc([S+](c2ccc(F)cc2)c2ccc(F)cc2)cc1. The summed E-state index contributed by atoms with van der Waals surface area (Å²) < 4.78 is 94.3. The number of carbonyl (C=O) groups is 4. The van der Waals surface area contributed by atoms with Gasteiger partial charge in [0.25, 0.3) is 0 Å². The van der Waals surface area contributed by atoms with E-state index < -0.39 is 61.4 Å². The van der Waals surface area contributed by atoms with Crippen LogP contribution < -0.4 is 0 Å². The van der Waals surface area contributed by atoms with E-state index >= 15 is 0 Å². The molecule has 0 radical (unpaired) electrons. The first-order valence-corrected chi connectivity index (χ1v) is 36.5. The summed E-state index contributed by atoms with van der Waals surface area (Å²) in [4.78, 5) is 56.3. The number of pyridine rings is 1. The zero-order chi connectivity index (χ0) is 70.9. The van der Waals surface area contributed by atoms with Crippen LogP contribution in [0.5, 0.6) is 5.75 Å². The van der Waals surface area contributed by atoms with Gasteiger partial charge in [0, 0.05) is 18.8 Å². The summed E-state index contributed by atoms with van der Waals surface area (Å²) in [5.74, 6) is -0.635. The van der Waals surface area contributed by atoms with Crippen LogP contribution in [0, 0.1) is 45.5 Å². The zero-order valence-corrected chi connectivity index (χ0v) is 59.9. The highest BCUT2D eigenvalue weighted by Crippen LogP contribution is 2.63. The molecule has 0 spiro atoms. The Hall–Kier alpha value is -7.02. The molecule has 0 aliphatic heterocycles. The zero-order valence-electron chi connectivity index (χ0n) is 58.3. The van der Waals surface area contributed by atoms with Crippen molar-refractivity contribution in [3.8, 4) is 5.75 Å². The largest absolute Gasteiger partial charge is 0.748 e. The summed E-state index contributed by atoms with van der Waals surface area (Å²) in [7, 11) is -4.96. The third-order valence-electron chi connectivity index (χ3n) is 19.5. The number of ether oxygens (including phenoxy) is 4. The van der Waals surface area contributed by atoms with E-state index in [2.05, 4.69) is 39.6 Å². The number of esters is 4. The molecule has 11 rings (SSSR count). The first-order chi connectivity index (χ1) is 45.1. The second-order valence-corrected chi connectivity index (χ2v) is 31.9. The number of rotatable bonds is 20. The quantitative estimate of drug-likeness (QED) is 0.0328. The van der Waals surface area contributed by atoms with Gasteiger partial charge in [-0.3, -0.25) is 19.4 Å². The molecule has 18 heteroatoms. The minimum absolute atomic E-state index is 0.0376. The van der Waals surface area contributed by atoms with Crippen molar-refractivity contribution in [2.24, 2.45) is 28.1 Å². The molecular weight excluding hydrogens is 1260 g/mol. The Kier molecular flexibility index (Phi) is 27.6. The Morgan fingerprint density at radius 2 is 1.04 bits per heavy atom. The first-order valence-electron chi connectivity index (χ1n) is 33.7. The molecule has 6 aromatic rings. The Balaban J connectivity index is 0.000000196. The van der Waals surface area contributed by atoms with E-state index in [0.29, 0.717) is 60.7 Å². The Morgan fingerprint density at radius 1 is 0.625 bits per heavy atom. The normalized spacial score (nSPS) is 19.8. The summed E-state index contributed by atoms with van der Waals surface area (Å²) in [6.45, 7) is 25.7. The van der Waals surface area contributed by atoms with Crippen LogP contribution in [-0.2, 0) is 59.9 Å². The molecule has 4 bridgehead atoms. The van der Waals surface area contributed by atoms with Gasteiger partial charge in [-0.15, -0.1) is 0 Å². The minimum Gasteiger partial charge on any atom is -0.748 e. The smallest absolute Gasteiger partial charge is 0.338 e. The molecule has 5 aromatic carbocycles. The predicted molar refractivity (Wildman–Crippen MR) is 369 cm³/mol. The molecule has 5 fully saturated rings. The number of benzene rings is 5. The summed E-state index contributed by atoms with van der Waals surface area (Å²) in [6.07, 6.45) is 15.9. The van der Waals surface area contributed by atoms with Crippen molar-refractivity contribution in [2.45, 2.75) is 223 Å². The number of aromatic nitrogens is 1. The molecule has 96 heavy (non-hydrogen) atoms. The predicted octanol–water partition coefficient (Wildman–Crippen LogP) is 18.5. The number of nitrogens with zero attached hydrogens (tertiary/aromatic N) is 1. The summed E-state index contributed by atoms with van der Waals surface area (Å²) >= 11 is 0. The number of halogens is 3. The van der Waals surface area contributed by atoms with E-state index in [1.54, 1.807) is 60.9 Å². The Labute approximate surface area is 571 Å². The lowest BCUT2D eigenvalue weighted by atomic mass is 9.48. The summed E-state index contributed by atoms with van der Waals surface area (Å²) in [5.41, 5.74) is 0.924. The van der Waals surface area contributed by atoms with Crippen molar-refractivity contribution in [1.29, 1.82) is 0 Å². The van der Waals surface area contributed by atoms with Crippen LogP contribution in [0.3, 0.4) is 0 Å². The number of aromatic hydroxyl groups is 1. The van der Waals surface area contributed by atoms with Crippen LogP contribution in [-0.4, -0.2) is 70.5 Å². The van der Waals surface area contributed by atoms with Gasteiger partial charge in [-0.1, -0.05) is 65.8 Å². The van der Waals surface area contributed by atoms with E-state index in [1.807, 2.05) is 104 Å². The van der Waals surface area contributed by atoms with Gasteiger partial charge < -0.3 is 28.6 Å². The highest BCUT2D eigenvalue weighted by atomic mass is 32.2. The van der Waals surface area contributed by atoms with E-state index in [-0.39, 0.29) is 46.4 Å². The van der Waals surface area contributed by atoms with Gasteiger partial charge in [0.1, 0.15) is 46.6 Å². The molecule has 4 atom stereocenters. The minimum atomic E-state index is -4.42. The van der Waals surface area contributed by atoms with Crippen LogP contribution in [0.4, 0.5) is 13.2 Å². The monoisotopic (exact) mass is 1360 g/mol. The molecule has 13 nitrogen and oxygen atoms in total. The molecule has 1 N–H and O–H groups in total. The lowest BCUT2D eigenvalue weighted by molar-refractivity contribution is -0.217. The number of phenols is 1. The van der Waals surface area contributed by atoms with E-state index in [9.17, 15) is 45.3 Å². The van der Waals surface area contributed by atoms with Crippen LogP contribution in [0.15, 0.2) is 161 Å². The molecular formula is C78H100F3NO12S2. The third kappa shape index (κ3) is 22.3. The van der Waals surface area contributed by atoms with Gasteiger partial charge in [-0.2, -0.15) is 0 Å². The highest BCUT2D eigenvalue weighted by molar-refractivity contribution is 7.97.